The standard InChI is InChI=1S/C24H19Cl3F9NO3S/c1-12(10-41(39,40)37-11-22(28,29)30)6-20(38)15-4-2-13(7-17(15)24(34,35)36)3-5-16(23(31,32)33)14-8-18(25)21(27)19(26)9-14/h2-5,7-9,12,16,37H,6,10-11H2,1H3/b5-3+/t12-,16?/m0/s1. The van der Waals surface area contributed by atoms with E-state index in [9.17, 15) is 52.7 Å². The van der Waals surface area contributed by atoms with Gasteiger partial charge in [-0.2, -0.15) is 39.5 Å². The average molecular weight is 679 g/mol. The Bertz CT molecular complexity index is 1380. The SMILES string of the molecule is C[C@@H](CC(=O)c1ccc(/C=C/C(c2cc(Cl)c(Cl)c(Cl)c2)C(F)(F)F)cc1C(F)(F)F)CS(=O)(=O)NCC(F)(F)F. The van der Waals surface area contributed by atoms with E-state index in [-0.39, 0.29) is 20.6 Å². The number of carbonyl (C=O) groups is 1. The second-order valence-electron chi connectivity index (χ2n) is 8.93. The van der Waals surface area contributed by atoms with Crippen LogP contribution in [0.5, 0.6) is 0 Å². The molecule has 1 unspecified atom stereocenters. The zero-order valence-corrected chi connectivity index (χ0v) is 23.6. The van der Waals surface area contributed by atoms with Crippen molar-refractivity contribution in [2.45, 2.75) is 37.8 Å². The fourth-order valence-electron chi connectivity index (χ4n) is 3.63. The van der Waals surface area contributed by atoms with Gasteiger partial charge >= 0.3 is 18.5 Å². The van der Waals surface area contributed by atoms with E-state index in [1.54, 1.807) is 0 Å². The van der Waals surface area contributed by atoms with E-state index in [0.717, 1.165) is 31.2 Å². The molecule has 0 spiro atoms. The highest BCUT2D eigenvalue weighted by Gasteiger charge is 2.40. The number of alkyl halides is 9. The van der Waals surface area contributed by atoms with Gasteiger partial charge in [0.15, 0.2) is 5.78 Å². The molecule has 0 aromatic heterocycles. The Morgan fingerprint density at radius 1 is 0.951 bits per heavy atom. The van der Waals surface area contributed by atoms with Gasteiger partial charge in [-0.1, -0.05) is 66.0 Å². The van der Waals surface area contributed by atoms with Crippen molar-refractivity contribution in [2.24, 2.45) is 5.92 Å². The monoisotopic (exact) mass is 677 g/mol. The lowest BCUT2D eigenvalue weighted by atomic mass is 9.93. The lowest BCUT2D eigenvalue weighted by Crippen LogP contribution is -2.36. The van der Waals surface area contributed by atoms with Gasteiger partial charge in [0.25, 0.3) is 0 Å². The highest BCUT2D eigenvalue weighted by molar-refractivity contribution is 7.89. The first kappa shape index (κ1) is 35.2. The first-order valence-electron chi connectivity index (χ1n) is 11.2. The van der Waals surface area contributed by atoms with E-state index >= 15 is 0 Å². The summed E-state index contributed by atoms with van der Waals surface area (Å²) in [5.74, 6) is -5.68. The molecule has 0 saturated heterocycles. The topological polar surface area (TPSA) is 63.2 Å². The zero-order valence-electron chi connectivity index (χ0n) is 20.5. The molecule has 0 aliphatic heterocycles. The molecule has 2 atom stereocenters. The summed E-state index contributed by atoms with van der Waals surface area (Å²) in [4.78, 5) is 12.6. The van der Waals surface area contributed by atoms with E-state index < -0.39 is 81.6 Å². The Labute approximate surface area is 243 Å². The number of nitrogens with one attached hydrogen (secondary N) is 1. The van der Waals surface area contributed by atoms with Crippen molar-refractivity contribution in [2.75, 3.05) is 12.3 Å². The fraction of sp³-hybridized carbons (Fsp3) is 0.375. The molecule has 0 heterocycles. The zero-order chi connectivity index (χ0) is 31.6. The predicted octanol–water partition coefficient (Wildman–Crippen LogP) is 8.72. The van der Waals surface area contributed by atoms with Crippen molar-refractivity contribution in [1.29, 1.82) is 0 Å². The summed E-state index contributed by atoms with van der Waals surface area (Å²) in [6.07, 6.45) is -14.4. The minimum Gasteiger partial charge on any atom is -0.294 e. The van der Waals surface area contributed by atoms with Crippen LogP contribution in [0.2, 0.25) is 15.1 Å². The number of ketones is 1. The number of allylic oxidation sites excluding steroid dienone is 1. The Balaban J connectivity index is 2.35. The molecule has 41 heavy (non-hydrogen) atoms. The van der Waals surface area contributed by atoms with Gasteiger partial charge in [0.1, 0.15) is 6.54 Å². The molecule has 2 rings (SSSR count). The fourth-order valence-corrected chi connectivity index (χ4v) is 5.61. The van der Waals surface area contributed by atoms with E-state index in [2.05, 4.69) is 0 Å². The smallest absolute Gasteiger partial charge is 0.294 e. The summed E-state index contributed by atoms with van der Waals surface area (Å²) in [7, 11) is -4.51. The van der Waals surface area contributed by atoms with Crippen LogP contribution in [0, 0.1) is 5.92 Å². The van der Waals surface area contributed by atoms with Crippen LogP contribution in [0.1, 0.15) is 46.3 Å². The minimum absolute atomic E-state index is 0.193. The van der Waals surface area contributed by atoms with Gasteiger partial charge in [0.2, 0.25) is 10.0 Å². The number of hydrogen-bond donors (Lipinski definition) is 1. The lowest BCUT2D eigenvalue weighted by Gasteiger charge is -2.19. The number of halogens is 12. The molecule has 228 valence electrons. The molecule has 0 amide bonds. The maximum absolute atomic E-state index is 13.8. The number of benzene rings is 2. The minimum atomic E-state index is -5.14. The number of sulfonamides is 1. The summed E-state index contributed by atoms with van der Waals surface area (Å²) in [6.45, 7) is -0.724. The summed E-state index contributed by atoms with van der Waals surface area (Å²) in [6, 6.07) is 3.90. The molecule has 0 bridgehead atoms. The third-order valence-electron chi connectivity index (χ3n) is 5.38. The van der Waals surface area contributed by atoms with Gasteiger partial charge in [0.05, 0.1) is 32.3 Å². The molecule has 2 aromatic rings. The van der Waals surface area contributed by atoms with Gasteiger partial charge in [-0.3, -0.25) is 4.79 Å². The maximum atomic E-state index is 13.8. The molecule has 0 aliphatic carbocycles. The molecule has 0 radical (unpaired) electrons. The van der Waals surface area contributed by atoms with Gasteiger partial charge in [-0.25, -0.2) is 13.1 Å². The summed E-state index contributed by atoms with van der Waals surface area (Å²) >= 11 is 17.4. The maximum Gasteiger partial charge on any atom is 0.417 e. The van der Waals surface area contributed by atoms with Crippen LogP contribution in [0.3, 0.4) is 0 Å². The van der Waals surface area contributed by atoms with Crippen LogP contribution < -0.4 is 4.72 Å². The van der Waals surface area contributed by atoms with Crippen LogP contribution in [0.15, 0.2) is 36.4 Å². The van der Waals surface area contributed by atoms with Gasteiger partial charge < -0.3 is 0 Å². The van der Waals surface area contributed by atoms with Crippen molar-refractivity contribution in [3.8, 4) is 0 Å². The van der Waals surface area contributed by atoms with Crippen LogP contribution in [0.4, 0.5) is 39.5 Å². The third kappa shape index (κ3) is 10.7. The number of Topliss-reactive ketones (excluding diaryl/α,β-unsaturated/α-hetero) is 1. The Morgan fingerprint density at radius 2 is 1.51 bits per heavy atom. The molecular weight excluding hydrogens is 660 g/mol. The van der Waals surface area contributed by atoms with E-state index in [1.807, 2.05) is 0 Å². The molecule has 2 aromatic carbocycles. The van der Waals surface area contributed by atoms with Gasteiger partial charge in [-0.05, 0) is 35.2 Å². The van der Waals surface area contributed by atoms with Crippen LogP contribution in [0.25, 0.3) is 6.08 Å². The van der Waals surface area contributed by atoms with Gasteiger partial charge in [-0.15, -0.1) is 0 Å². The van der Waals surface area contributed by atoms with Crippen LogP contribution in [-0.4, -0.2) is 38.9 Å². The molecule has 4 nitrogen and oxygen atoms in total. The lowest BCUT2D eigenvalue weighted by molar-refractivity contribution is -0.139. The van der Waals surface area contributed by atoms with Gasteiger partial charge in [0, 0.05) is 12.0 Å². The first-order chi connectivity index (χ1) is 18.5. The Hall–Kier alpha value is -2.00. The largest absolute Gasteiger partial charge is 0.417 e. The average Bonchev–Trinajstić information content (AvgIpc) is 2.79. The molecule has 0 aliphatic rings. The summed E-state index contributed by atoms with van der Waals surface area (Å²) in [5, 5.41) is -0.754. The van der Waals surface area contributed by atoms with Crippen LogP contribution in [-0.2, 0) is 16.2 Å². The first-order valence-corrected chi connectivity index (χ1v) is 14.0. The molecular formula is C24H19Cl3F9NO3S. The second kappa shape index (κ2) is 13.1. The van der Waals surface area contributed by atoms with E-state index in [1.165, 1.54) is 4.72 Å². The Kier molecular flexibility index (Phi) is 11.3. The normalized spacial score (nSPS) is 14.9. The van der Waals surface area contributed by atoms with Crippen molar-refractivity contribution in [3.05, 3.63) is 73.7 Å². The molecule has 17 heteroatoms. The second-order valence-corrected chi connectivity index (χ2v) is 12.0. The predicted molar refractivity (Wildman–Crippen MR) is 137 cm³/mol. The Morgan fingerprint density at radius 3 is 2.00 bits per heavy atom. The van der Waals surface area contributed by atoms with Crippen molar-refractivity contribution in [3.63, 3.8) is 0 Å². The number of hydrogen-bond acceptors (Lipinski definition) is 3. The van der Waals surface area contributed by atoms with E-state index in [0.29, 0.717) is 18.2 Å². The van der Waals surface area contributed by atoms with Crippen molar-refractivity contribution >= 4 is 56.7 Å². The van der Waals surface area contributed by atoms with Crippen molar-refractivity contribution in [1.82, 2.24) is 4.72 Å². The third-order valence-corrected chi connectivity index (χ3v) is 8.17. The molecule has 0 fully saturated rings. The molecule has 1 N–H and O–H groups in total. The highest BCUT2D eigenvalue weighted by Crippen LogP contribution is 2.41. The van der Waals surface area contributed by atoms with Crippen molar-refractivity contribution < 1.29 is 52.7 Å². The number of rotatable bonds is 10. The van der Waals surface area contributed by atoms with Crippen LogP contribution >= 0.6 is 34.8 Å². The highest BCUT2D eigenvalue weighted by atomic mass is 35.5. The number of carbonyl (C=O) groups excluding carboxylic acids is 1. The van der Waals surface area contributed by atoms with E-state index in [4.69, 9.17) is 34.8 Å². The summed E-state index contributed by atoms with van der Waals surface area (Å²) < 4.78 is 144. The quantitative estimate of drug-likeness (QED) is 0.155. The summed E-state index contributed by atoms with van der Waals surface area (Å²) in [5.41, 5.74) is -3.20. The molecule has 0 saturated carbocycles.